The maximum atomic E-state index is 12.4. The van der Waals surface area contributed by atoms with Crippen molar-refractivity contribution in [1.82, 2.24) is 4.31 Å². The molecule has 0 saturated heterocycles. The number of hydrogen-bond acceptors (Lipinski definition) is 6. The van der Waals surface area contributed by atoms with E-state index in [9.17, 15) is 10.1 Å². The highest BCUT2D eigenvalue weighted by atomic mass is 32.1. The Bertz CT molecular complexity index is 668. The Morgan fingerprint density at radius 2 is 2.27 bits per heavy atom. The molecule has 1 aromatic heterocycles. The molecular weight excluding hydrogens is 300 g/mol. The minimum absolute atomic E-state index is 0.263. The van der Waals surface area contributed by atoms with E-state index in [-0.39, 0.29) is 6.61 Å². The molecule has 0 bridgehead atoms. The molecule has 2 rings (SSSR count). The molecule has 1 aromatic rings. The molecule has 116 valence electrons. The summed E-state index contributed by atoms with van der Waals surface area (Å²) < 4.78 is 12.2. The zero-order valence-electron chi connectivity index (χ0n) is 12.8. The maximum Gasteiger partial charge on any atom is 0.336 e. The van der Waals surface area contributed by atoms with Gasteiger partial charge < -0.3 is 9.15 Å². The van der Waals surface area contributed by atoms with Crippen molar-refractivity contribution in [2.24, 2.45) is 0 Å². The van der Waals surface area contributed by atoms with Crippen LogP contribution in [0, 0.1) is 11.3 Å². The minimum atomic E-state index is -0.558. The van der Waals surface area contributed by atoms with Crippen LogP contribution in [0.15, 0.2) is 45.4 Å². The molecule has 1 unspecified atom stereocenters. The average Bonchev–Trinajstić information content (AvgIpc) is 3.03. The highest BCUT2D eigenvalue weighted by Gasteiger charge is 2.38. The van der Waals surface area contributed by atoms with Crippen LogP contribution in [0.2, 0.25) is 0 Å². The molecule has 6 heteroatoms. The first kappa shape index (κ1) is 16.2. The molecule has 0 amide bonds. The molecule has 22 heavy (non-hydrogen) atoms. The molecule has 1 aliphatic heterocycles. The lowest BCUT2D eigenvalue weighted by Gasteiger charge is -2.33. The smallest absolute Gasteiger partial charge is 0.336 e. The Morgan fingerprint density at radius 3 is 2.77 bits per heavy atom. The predicted octanol–water partition coefficient (Wildman–Crippen LogP) is 3.55. The third kappa shape index (κ3) is 2.64. The number of carbonyl (C=O) groups is 1. The van der Waals surface area contributed by atoms with Gasteiger partial charge >= 0.3 is 5.97 Å². The number of hydrogen-bond donors (Lipinski definition) is 1. The van der Waals surface area contributed by atoms with E-state index in [1.807, 2.05) is 6.92 Å². The van der Waals surface area contributed by atoms with Crippen LogP contribution >= 0.6 is 12.8 Å². The lowest BCUT2D eigenvalue weighted by Crippen LogP contribution is -2.28. The van der Waals surface area contributed by atoms with Gasteiger partial charge in [-0.05, 0) is 32.4 Å². The third-order valence-electron chi connectivity index (χ3n) is 3.63. The van der Waals surface area contributed by atoms with Crippen molar-refractivity contribution in [2.75, 3.05) is 6.61 Å². The maximum absolute atomic E-state index is 12.4. The van der Waals surface area contributed by atoms with E-state index >= 15 is 0 Å². The summed E-state index contributed by atoms with van der Waals surface area (Å²) in [6.07, 6.45) is 2.15. The van der Waals surface area contributed by atoms with Gasteiger partial charge in [0.25, 0.3) is 0 Å². The number of nitriles is 1. The number of thiol groups is 1. The number of rotatable bonds is 4. The van der Waals surface area contributed by atoms with Crippen LogP contribution in [0.1, 0.15) is 38.9 Å². The lowest BCUT2D eigenvalue weighted by molar-refractivity contribution is -0.139. The van der Waals surface area contributed by atoms with Crippen molar-refractivity contribution < 1.29 is 13.9 Å². The molecular formula is C16H18N2O3S. The van der Waals surface area contributed by atoms with Crippen LogP contribution in [0.25, 0.3) is 0 Å². The summed E-state index contributed by atoms with van der Waals surface area (Å²) in [6.45, 7) is 5.74. The second kappa shape index (κ2) is 6.75. The van der Waals surface area contributed by atoms with Crippen molar-refractivity contribution in [3.05, 3.63) is 46.7 Å². The van der Waals surface area contributed by atoms with Crippen LogP contribution in [-0.4, -0.2) is 16.9 Å². The molecule has 0 N–H and O–H groups in total. The van der Waals surface area contributed by atoms with E-state index in [1.54, 1.807) is 30.3 Å². The van der Waals surface area contributed by atoms with Crippen LogP contribution in [0.4, 0.5) is 0 Å². The van der Waals surface area contributed by atoms with Gasteiger partial charge in [-0.3, -0.25) is 4.31 Å². The van der Waals surface area contributed by atoms with Crippen molar-refractivity contribution >= 4 is 18.8 Å². The lowest BCUT2D eigenvalue weighted by atomic mass is 9.83. The number of nitrogens with zero attached hydrogens (tertiary/aromatic N) is 2. The van der Waals surface area contributed by atoms with E-state index in [1.165, 1.54) is 6.26 Å². The van der Waals surface area contributed by atoms with E-state index in [0.717, 1.165) is 5.70 Å². The fourth-order valence-corrected chi connectivity index (χ4v) is 2.99. The summed E-state index contributed by atoms with van der Waals surface area (Å²) in [5.41, 5.74) is 2.26. The van der Waals surface area contributed by atoms with Gasteiger partial charge in [-0.1, -0.05) is 19.7 Å². The van der Waals surface area contributed by atoms with Gasteiger partial charge in [0, 0.05) is 11.4 Å². The predicted molar refractivity (Wildman–Crippen MR) is 84.5 cm³/mol. The molecule has 0 aliphatic carbocycles. The van der Waals surface area contributed by atoms with Crippen molar-refractivity contribution in [1.29, 1.82) is 5.26 Å². The second-order valence-electron chi connectivity index (χ2n) is 4.81. The van der Waals surface area contributed by atoms with Gasteiger partial charge in [0.1, 0.15) is 5.76 Å². The van der Waals surface area contributed by atoms with Gasteiger partial charge in [-0.2, -0.15) is 5.26 Å². The Hall–Kier alpha value is -2.13. The van der Waals surface area contributed by atoms with Gasteiger partial charge in [-0.15, -0.1) is 0 Å². The van der Waals surface area contributed by atoms with E-state index in [4.69, 9.17) is 9.15 Å². The van der Waals surface area contributed by atoms with Crippen molar-refractivity contribution in [3.63, 3.8) is 0 Å². The van der Waals surface area contributed by atoms with E-state index < -0.39 is 11.9 Å². The number of esters is 1. The molecule has 5 nitrogen and oxygen atoms in total. The van der Waals surface area contributed by atoms with Gasteiger partial charge in [-0.25, -0.2) is 4.79 Å². The first-order valence-electron chi connectivity index (χ1n) is 7.10. The average molecular weight is 318 g/mol. The first-order chi connectivity index (χ1) is 10.6. The highest BCUT2D eigenvalue weighted by Crippen LogP contribution is 2.43. The van der Waals surface area contributed by atoms with Crippen LogP contribution in [0.5, 0.6) is 0 Å². The summed E-state index contributed by atoms with van der Waals surface area (Å²) in [4.78, 5) is 12.4. The summed E-state index contributed by atoms with van der Waals surface area (Å²) in [6, 6.07) is 5.71. The molecule has 0 fully saturated rings. The van der Waals surface area contributed by atoms with E-state index in [0.29, 0.717) is 29.0 Å². The van der Waals surface area contributed by atoms with Gasteiger partial charge in [0.05, 0.1) is 36.0 Å². The Kier molecular flexibility index (Phi) is 4.99. The molecule has 0 aromatic carbocycles. The monoisotopic (exact) mass is 318 g/mol. The van der Waals surface area contributed by atoms with Gasteiger partial charge in [0.2, 0.25) is 0 Å². The summed E-state index contributed by atoms with van der Waals surface area (Å²) in [7, 11) is 0. The Balaban J connectivity index is 2.66. The fourth-order valence-electron chi connectivity index (χ4n) is 2.63. The van der Waals surface area contributed by atoms with E-state index in [2.05, 4.69) is 18.9 Å². The SMILES string of the molecule is CCOC(=O)C1=C(C)N(S)C(CC)=C(C#N)C1c1ccco1. The van der Waals surface area contributed by atoms with Crippen LogP contribution in [-0.2, 0) is 9.53 Å². The molecule has 0 radical (unpaired) electrons. The number of carbonyl (C=O) groups excluding carboxylic acids is 1. The van der Waals surface area contributed by atoms with Crippen LogP contribution < -0.4 is 0 Å². The molecule has 1 aliphatic rings. The third-order valence-corrected chi connectivity index (χ3v) is 4.17. The first-order valence-corrected chi connectivity index (χ1v) is 7.50. The quantitative estimate of drug-likeness (QED) is 0.679. The zero-order chi connectivity index (χ0) is 16.3. The second-order valence-corrected chi connectivity index (χ2v) is 5.21. The number of allylic oxidation sites excluding steroid dienone is 3. The standard InChI is InChI=1S/C16H18N2O3S/c1-4-12-11(9-17)15(13-7-6-8-21-13)14(10(3)18(12)22)16(19)20-5-2/h6-8,15,22H,4-5H2,1-3H3. The number of ether oxygens (including phenoxy) is 1. The zero-order valence-corrected chi connectivity index (χ0v) is 13.7. The van der Waals surface area contributed by atoms with Crippen LogP contribution in [0.3, 0.4) is 0 Å². The van der Waals surface area contributed by atoms with Crippen molar-refractivity contribution in [2.45, 2.75) is 33.1 Å². The normalized spacial score (nSPS) is 18.5. The topological polar surface area (TPSA) is 66.5 Å². The molecule has 0 spiro atoms. The minimum Gasteiger partial charge on any atom is -0.468 e. The van der Waals surface area contributed by atoms with Gasteiger partial charge in [0.15, 0.2) is 0 Å². The Morgan fingerprint density at radius 1 is 1.55 bits per heavy atom. The molecule has 0 saturated carbocycles. The fraction of sp³-hybridized carbons (Fsp3) is 0.375. The summed E-state index contributed by atoms with van der Waals surface area (Å²) in [5, 5.41) is 9.61. The summed E-state index contributed by atoms with van der Waals surface area (Å²) in [5.74, 6) is -0.466. The molecule has 1 atom stereocenters. The number of furan rings is 1. The molecule has 2 heterocycles. The summed E-state index contributed by atoms with van der Waals surface area (Å²) >= 11 is 4.43. The highest BCUT2D eigenvalue weighted by molar-refractivity contribution is 7.78. The van der Waals surface area contributed by atoms with Crippen molar-refractivity contribution in [3.8, 4) is 6.07 Å². The Labute approximate surface area is 135 Å². The largest absolute Gasteiger partial charge is 0.468 e.